The second-order valence-electron chi connectivity index (χ2n) is 4.23. The van der Waals surface area contributed by atoms with Crippen LogP contribution in [-0.2, 0) is 4.74 Å². The average Bonchev–Trinajstić information content (AvgIpc) is 3.10. The van der Waals surface area contributed by atoms with E-state index in [-0.39, 0.29) is 0 Å². The van der Waals surface area contributed by atoms with Crippen molar-refractivity contribution in [3.63, 3.8) is 0 Å². The van der Waals surface area contributed by atoms with E-state index in [4.69, 9.17) is 4.74 Å². The predicted molar refractivity (Wildman–Crippen MR) is 66.6 cm³/mol. The predicted octanol–water partition coefficient (Wildman–Crippen LogP) is 1.25. The minimum atomic E-state index is 0.299. The molecule has 1 fully saturated rings. The van der Waals surface area contributed by atoms with Crippen LogP contribution in [-0.4, -0.2) is 39.0 Å². The monoisotopic (exact) mass is 245 g/mol. The average molecular weight is 245 g/mol. The number of nitrogens with one attached hydrogen (secondary N) is 1. The van der Waals surface area contributed by atoms with Crippen LogP contribution in [0.2, 0.25) is 0 Å². The zero-order valence-electron chi connectivity index (χ0n) is 9.99. The third-order valence-electron chi connectivity index (χ3n) is 2.93. The zero-order chi connectivity index (χ0) is 12.2. The Labute approximate surface area is 105 Å². The quantitative estimate of drug-likeness (QED) is 0.878. The van der Waals surface area contributed by atoms with Crippen LogP contribution in [0.4, 0.5) is 5.82 Å². The largest absolute Gasteiger partial charge is 0.376 e. The highest BCUT2D eigenvalue weighted by atomic mass is 16.5. The standard InChI is InChI=1S/C12H15N5O/c1-3-10(18-6-1)8-13-11-7-12(15-9-14-11)17-5-2-4-16-17/h2,4-5,7,9-10H,1,3,6,8H2,(H,13,14,15). The van der Waals surface area contributed by atoms with E-state index >= 15 is 0 Å². The van der Waals surface area contributed by atoms with Crippen LogP contribution in [0.25, 0.3) is 5.82 Å². The molecule has 2 aromatic rings. The number of hydrogen-bond donors (Lipinski definition) is 1. The van der Waals surface area contributed by atoms with Crippen molar-refractivity contribution < 1.29 is 4.74 Å². The normalized spacial score (nSPS) is 19.0. The van der Waals surface area contributed by atoms with Crippen molar-refractivity contribution >= 4 is 5.82 Å². The molecule has 0 saturated carbocycles. The SMILES string of the molecule is c1cnn(-c2cc(NCC3CCCO3)ncn2)c1. The molecule has 0 radical (unpaired) electrons. The smallest absolute Gasteiger partial charge is 0.158 e. The summed E-state index contributed by atoms with van der Waals surface area (Å²) in [6.07, 6.45) is 7.68. The van der Waals surface area contributed by atoms with E-state index in [1.165, 1.54) is 6.33 Å². The van der Waals surface area contributed by atoms with Gasteiger partial charge in [0.05, 0.1) is 6.10 Å². The van der Waals surface area contributed by atoms with E-state index in [2.05, 4.69) is 20.4 Å². The molecule has 0 aliphatic carbocycles. The van der Waals surface area contributed by atoms with Gasteiger partial charge < -0.3 is 10.1 Å². The lowest BCUT2D eigenvalue weighted by Crippen LogP contribution is -2.19. The van der Waals surface area contributed by atoms with Gasteiger partial charge in [-0.25, -0.2) is 14.6 Å². The van der Waals surface area contributed by atoms with Gasteiger partial charge in [-0.2, -0.15) is 5.10 Å². The number of aromatic nitrogens is 4. The lowest BCUT2D eigenvalue weighted by atomic mass is 10.2. The molecule has 6 nitrogen and oxygen atoms in total. The minimum absolute atomic E-state index is 0.299. The first kappa shape index (κ1) is 11.2. The first-order valence-electron chi connectivity index (χ1n) is 6.09. The topological polar surface area (TPSA) is 64.9 Å². The fourth-order valence-electron chi connectivity index (χ4n) is 2.00. The van der Waals surface area contributed by atoms with Crippen LogP contribution in [0.3, 0.4) is 0 Å². The highest BCUT2D eigenvalue weighted by Gasteiger charge is 2.15. The van der Waals surface area contributed by atoms with Crippen molar-refractivity contribution in [3.8, 4) is 5.82 Å². The van der Waals surface area contributed by atoms with Crippen molar-refractivity contribution in [2.45, 2.75) is 18.9 Å². The Morgan fingerprint density at radius 3 is 3.22 bits per heavy atom. The van der Waals surface area contributed by atoms with E-state index in [0.29, 0.717) is 6.10 Å². The van der Waals surface area contributed by atoms with Crippen molar-refractivity contribution in [2.75, 3.05) is 18.5 Å². The van der Waals surface area contributed by atoms with Crippen LogP contribution in [0.1, 0.15) is 12.8 Å². The van der Waals surface area contributed by atoms with Gasteiger partial charge in [-0.05, 0) is 18.9 Å². The van der Waals surface area contributed by atoms with Crippen LogP contribution in [0, 0.1) is 0 Å². The molecule has 1 unspecified atom stereocenters. The molecular weight excluding hydrogens is 230 g/mol. The Hall–Kier alpha value is -1.95. The minimum Gasteiger partial charge on any atom is -0.376 e. The summed E-state index contributed by atoms with van der Waals surface area (Å²) in [5.74, 6) is 1.55. The first-order valence-corrected chi connectivity index (χ1v) is 6.09. The van der Waals surface area contributed by atoms with Gasteiger partial charge in [0.15, 0.2) is 5.82 Å². The van der Waals surface area contributed by atoms with Gasteiger partial charge in [0.1, 0.15) is 12.1 Å². The van der Waals surface area contributed by atoms with Gasteiger partial charge in [-0.1, -0.05) is 0 Å². The van der Waals surface area contributed by atoms with E-state index in [1.54, 1.807) is 10.9 Å². The summed E-state index contributed by atoms with van der Waals surface area (Å²) in [5, 5.41) is 7.41. The van der Waals surface area contributed by atoms with Gasteiger partial charge in [0, 0.05) is 31.6 Å². The zero-order valence-corrected chi connectivity index (χ0v) is 9.99. The molecule has 3 rings (SSSR count). The van der Waals surface area contributed by atoms with Crippen molar-refractivity contribution in [1.82, 2.24) is 19.7 Å². The Bertz CT molecular complexity index is 493. The fraction of sp³-hybridized carbons (Fsp3) is 0.417. The number of nitrogens with zero attached hydrogens (tertiary/aromatic N) is 4. The molecule has 1 aliphatic rings. The van der Waals surface area contributed by atoms with Crippen LogP contribution in [0.15, 0.2) is 30.9 Å². The Kier molecular flexibility index (Phi) is 3.18. The summed E-state index contributed by atoms with van der Waals surface area (Å²) in [4.78, 5) is 8.37. The summed E-state index contributed by atoms with van der Waals surface area (Å²) in [5.41, 5.74) is 0. The molecule has 18 heavy (non-hydrogen) atoms. The summed E-state index contributed by atoms with van der Waals surface area (Å²) in [7, 11) is 0. The maximum absolute atomic E-state index is 5.55. The highest BCUT2D eigenvalue weighted by molar-refractivity contribution is 5.40. The summed E-state index contributed by atoms with van der Waals surface area (Å²) < 4.78 is 7.26. The van der Waals surface area contributed by atoms with E-state index in [1.807, 2.05) is 18.3 Å². The van der Waals surface area contributed by atoms with Gasteiger partial charge in [0.25, 0.3) is 0 Å². The number of anilines is 1. The van der Waals surface area contributed by atoms with Crippen molar-refractivity contribution in [1.29, 1.82) is 0 Å². The van der Waals surface area contributed by atoms with Gasteiger partial charge >= 0.3 is 0 Å². The van der Waals surface area contributed by atoms with E-state index in [0.717, 1.165) is 37.6 Å². The molecule has 0 amide bonds. The van der Waals surface area contributed by atoms with Crippen molar-refractivity contribution in [2.24, 2.45) is 0 Å². The molecular formula is C12H15N5O. The number of ether oxygens (including phenoxy) is 1. The van der Waals surface area contributed by atoms with Gasteiger partial charge in [0.2, 0.25) is 0 Å². The van der Waals surface area contributed by atoms with E-state index < -0.39 is 0 Å². The molecule has 0 bridgehead atoms. The lowest BCUT2D eigenvalue weighted by molar-refractivity contribution is 0.120. The van der Waals surface area contributed by atoms with Crippen LogP contribution >= 0.6 is 0 Å². The number of hydrogen-bond acceptors (Lipinski definition) is 5. The van der Waals surface area contributed by atoms with Crippen LogP contribution < -0.4 is 5.32 Å². The summed E-state index contributed by atoms with van der Waals surface area (Å²) in [6.45, 7) is 1.66. The molecule has 6 heteroatoms. The maximum atomic E-state index is 5.55. The molecule has 1 atom stereocenters. The molecule has 2 aromatic heterocycles. The molecule has 3 heterocycles. The van der Waals surface area contributed by atoms with Crippen molar-refractivity contribution in [3.05, 3.63) is 30.9 Å². The maximum Gasteiger partial charge on any atom is 0.158 e. The second kappa shape index (κ2) is 5.14. The third-order valence-corrected chi connectivity index (χ3v) is 2.93. The Morgan fingerprint density at radius 2 is 2.44 bits per heavy atom. The molecule has 1 saturated heterocycles. The Balaban J connectivity index is 1.67. The molecule has 94 valence electrons. The third kappa shape index (κ3) is 2.48. The molecule has 0 spiro atoms. The summed E-state index contributed by atoms with van der Waals surface area (Å²) in [6, 6.07) is 3.74. The number of rotatable bonds is 4. The van der Waals surface area contributed by atoms with E-state index in [9.17, 15) is 0 Å². The van der Waals surface area contributed by atoms with Gasteiger partial charge in [-0.15, -0.1) is 0 Å². The van der Waals surface area contributed by atoms with Crippen LogP contribution in [0.5, 0.6) is 0 Å². The molecule has 1 N–H and O–H groups in total. The lowest BCUT2D eigenvalue weighted by Gasteiger charge is -2.11. The second-order valence-corrected chi connectivity index (χ2v) is 4.23. The molecule has 1 aliphatic heterocycles. The van der Waals surface area contributed by atoms with Gasteiger partial charge in [-0.3, -0.25) is 0 Å². The Morgan fingerprint density at radius 1 is 1.44 bits per heavy atom. The highest BCUT2D eigenvalue weighted by Crippen LogP contribution is 2.13. The first-order chi connectivity index (χ1) is 8.92. The fourth-order valence-corrected chi connectivity index (χ4v) is 2.00. The summed E-state index contributed by atoms with van der Waals surface area (Å²) >= 11 is 0. The molecule has 0 aromatic carbocycles.